The monoisotopic (exact) mass is 522 g/mol. The summed E-state index contributed by atoms with van der Waals surface area (Å²) in [6.45, 7) is -0.206. The highest BCUT2D eigenvalue weighted by atomic mass is 35.5. The zero-order valence-corrected chi connectivity index (χ0v) is 19.8. The lowest BCUT2D eigenvalue weighted by Crippen LogP contribution is -2.00. The maximum atomic E-state index is 15.0. The van der Waals surface area contributed by atoms with Crippen LogP contribution in [-0.4, -0.2) is 21.0 Å². The Morgan fingerprint density at radius 2 is 1.59 bits per heavy atom. The Hall–Kier alpha value is -4.30. The zero-order chi connectivity index (χ0) is 26.1. The van der Waals surface area contributed by atoms with E-state index >= 15 is 0 Å². The van der Waals surface area contributed by atoms with Gasteiger partial charge in [0, 0.05) is 17.0 Å². The van der Waals surface area contributed by atoms with Crippen LogP contribution in [0.2, 0.25) is 5.02 Å². The quantitative estimate of drug-likeness (QED) is 0.238. The summed E-state index contributed by atoms with van der Waals surface area (Å²) in [5, 5.41) is 9.39. The van der Waals surface area contributed by atoms with Crippen molar-refractivity contribution in [3.05, 3.63) is 118 Å². The van der Waals surface area contributed by atoms with E-state index in [2.05, 4.69) is 9.97 Å². The molecule has 0 bridgehead atoms. The number of imidazole rings is 1. The van der Waals surface area contributed by atoms with E-state index in [1.165, 1.54) is 48.5 Å². The molecular formula is C28H18ClF3N2O3. The van der Waals surface area contributed by atoms with Gasteiger partial charge in [0.15, 0.2) is 11.6 Å². The number of hydrogen-bond acceptors (Lipinski definition) is 3. The molecular weight excluding hydrogens is 505 g/mol. The Morgan fingerprint density at radius 1 is 0.865 bits per heavy atom. The molecule has 0 saturated carbocycles. The van der Waals surface area contributed by atoms with Gasteiger partial charge in [-0.3, -0.25) is 0 Å². The average molecular weight is 523 g/mol. The molecule has 5 rings (SSSR count). The number of aromatic carboxylic acids is 1. The van der Waals surface area contributed by atoms with Crippen molar-refractivity contribution in [2.75, 3.05) is 0 Å². The highest BCUT2D eigenvalue weighted by Gasteiger charge is 2.13. The molecule has 37 heavy (non-hydrogen) atoms. The first-order valence-electron chi connectivity index (χ1n) is 11.1. The molecule has 5 nitrogen and oxygen atoms in total. The Balaban J connectivity index is 1.34. The van der Waals surface area contributed by atoms with Crippen molar-refractivity contribution < 1.29 is 27.8 Å². The average Bonchev–Trinajstić information content (AvgIpc) is 3.27. The molecule has 0 aliphatic heterocycles. The lowest BCUT2D eigenvalue weighted by atomic mass is 10.0. The molecule has 0 amide bonds. The van der Waals surface area contributed by atoms with Gasteiger partial charge in [0.1, 0.15) is 24.1 Å². The van der Waals surface area contributed by atoms with E-state index in [1.807, 2.05) is 0 Å². The first kappa shape index (κ1) is 24.4. The van der Waals surface area contributed by atoms with Crippen LogP contribution in [0.15, 0.2) is 72.8 Å². The first-order valence-corrected chi connectivity index (χ1v) is 11.5. The predicted octanol–water partition coefficient (Wildman–Crippen LogP) is 7.17. The van der Waals surface area contributed by atoms with Crippen LogP contribution in [0.25, 0.3) is 22.2 Å². The Labute approximate surface area is 214 Å². The number of halogens is 4. The number of aromatic nitrogens is 2. The summed E-state index contributed by atoms with van der Waals surface area (Å²) < 4.78 is 48.8. The molecule has 5 aromatic rings. The van der Waals surface area contributed by atoms with Crippen molar-refractivity contribution in [1.82, 2.24) is 9.97 Å². The standard InChI is InChI=1S/C28H18ClF3N2O3/c29-20-6-3-19(23(32)13-20)14-37-26-11-16(4-7-21(26)30)15-1-2-17(22(31)9-15)12-27-33-24-8-5-18(28(35)36)10-25(24)34-27/h1-11,13H,12,14H2,(H,33,34)(H,35,36). The van der Waals surface area contributed by atoms with Crippen LogP contribution in [0, 0.1) is 17.5 Å². The van der Waals surface area contributed by atoms with Crippen LogP contribution in [0.3, 0.4) is 0 Å². The normalized spacial score (nSPS) is 11.1. The lowest BCUT2D eigenvalue weighted by Gasteiger charge is -2.11. The largest absolute Gasteiger partial charge is 0.486 e. The summed E-state index contributed by atoms with van der Waals surface area (Å²) in [5.41, 5.74) is 2.85. The summed E-state index contributed by atoms with van der Waals surface area (Å²) >= 11 is 5.76. The van der Waals surface area contributed by atoms with Crippen molar-refractivity contribution in [3.63, 3.8) is 0 Å². The van der Waals surface area contributed by atoms with Gasteiger partial charge in [-0.15, -0.1) is 0 Å². The third-order valence-electron chi connectivity index (χ3n) is 5.85. The van der Waals surface area contributed by atoms with E-state index in [4.69, 9.17) is 21.4 Å². The molecule has 0 aliphatic carbocycles. The summed E-state index contributed by atoms with van der Waals surface area (Å²) in [4.78, 5) is 18.6. The fraction of sp³-hybridized carbons (Fsp3) is 0.0714. The first-order chi connectivity index (χ1) is 17.8. The third kappa shape index (κ3) is 5.29. The van der Waals surface area contributed by atoms with Gasteiger partial charge >= 0.3 is 5.97 Å². The van der Waals surface area contributed by atoms with Crippen molar-refractivity contribution >= 4 is 28.6 Å². The maximum Gasteiger partial charge on any atom is 0.335 e. The number of ether oxygens (including phenoxy) is 1. The molecule has 4 aromatic carbocycles. The second-order valence-electron chi connectivity index (χ2n) is 8.37. The minimum absolute atomic E-state index is 0.0978. The second kappa shape index (κ2) is 9.99. The van der Waals surface area contributed by atoms with Gasteiger partial charge in [-0.05, 0) is 65.2 Å². The summed E-state index contributed by atoms with van der Waals surface area (Å²) in [6, 6.07) is 17.4. The van der Waals surface area contributed by atoms with Gasteiger partial charge in [-0.1, -0.05) is 35.9 Å². The number of aromatic amines is 1. The van der Waals surface area contributed by atoms with Crippen LogP contribution in [0.1, 0.15) is 27.3 Å². The number of hydrogen-bond donors (Lipinski definition) is 2. The van der Waals surface area contributed by atoms with E-state index in [0.717, 1.165) is 6.07 Å². The molecule has 1 aromatic heterocycles. The molecule has 0 unspecified atom stereocenters. The van der Waals surface area contributed by atoms with Crippen molar-refractivity contribution in [2.45, 2.75) is 13.0 Å². The van der Waals surface area contributed by atoms with E-state index in [1.54, 1.807) is 18.2 Å². The Kier molecular flexibility index (Phi) is 6.58. The number of nitrogens with zero attached hydrogens (tertiary/aromatic N) is 1. The molecule has 0 radical (unpaired) electrons. The van der Waals surface area contributed by atoms with Crippen molar-refractivity contribution in [1.29, 1.82) is 0 Å². The number of carboxylic acid groups (broad SMARTS) is 1. The fourth-order valence-electron chi connectivity index (χ4n) is 3.92. The molecule has 0 atom stereocenters. The summed E-state index contributed by atoms with van der Waals surface area (Å²) in [5.74, 6) is -2.35. The summed E-state index contributed by atoms with van der Waals surface area (Å²) in [7, 11) is 0. The number of rotatable bonds is 7. The molecule has 1 heterocycles. The number of nitrogens with one attached hydrogen (secondary N) is 1. The molecule has 2 N–H and O–H groups in total. The number of benzene rings is 4. The second-order valence-corrected chi connectivity index (χ2v) is 8.81. The van der Waals surface area contributed by atoms with E-state index in [-0.39, 0.29) is 34.9 Å². The van der Waals surface area contributed by atoms with Gasteiger partial charge < -0.3 is 14.8 Å². The molecule has 0 aliphatic rings. The van der Waals surface area contributed by atoms with Gasteiger partial charge in [0.25, 0.3) is 0 Å². The van der Waals surface area contributed by atoms with Crippen molar-refractivity contribution in [2.24, 2.45) is 0 Å². The topological polar surface area (TPSA) is 75.2 Å². The minimum Gasteiger partial charge on any atom is -0.486 e. The Morgan fingerprint density at radius 3 is 2.35 bits per heavy atom. The Bertz CT molecular complexity index is 1650. The zero-order valence-electron chi connectivity index (χ0n) is 19.1. The lowest BCUT2D eigenvalue weighted by molar-refractivity contribution is 0.0697. The molecule has 0 saturated heterocycles. The third-order valence-corrected chi connectivity index (χ3v) is 6.09. The number of fused-ring (bicyclic) bond motifs is 1. The van der Waals surface area contributed by atoms with Crippen LogP contribution in [0.4, 0.5) is 13.2 Å². The van der Waals surface area contributed by atoms with Crippen LogP contribution >= 0.6 is 11.6 Å². The van der Waals surface area contributed by atoms with Crippen LogP contribution in [0.5, 0.6) is 5.75 Å². The fourth-order valence-corrected chi connectivity index (χ4v) is 4.08. The molecule has 186 valence electrons. The number of carboxylic acids is 1. The molecule has 0 spiro atoms. The van der Waals surface area contributed by atoms with Gasteiger partial charge in [-0.25, -0.2) is 22.9 Å². The molecule has 9 heteroatoms. The minimum atomic E-state index is -1.05. The smallest absolute Gasteiger partial charge is 0.335 e. The van der Waals surface area contributed by atoms with E-state index in [0.29, 0.717) is 33.5 Å². The number of H-pyrrole nitrogens is 1. The highest BCUT2D eigenvalue weighted by Crippen LogP contribution is 2.29. The van der Waals surface area contributed by atoms with Gasteiger partial charge in [0.05, 0.1) is 16.6 Å². The van der Waals surface area contributed by atoms with Gasteiger partial charge in [0.2, 0.25) is 0 Å². The number of carbonyl (C=O) groups is 1. The van der Waals surface area contributed by atoms with E-state index < -0.39 is 23.4 Å². The van der Waals surface area contributed by atoms with Crippen LogP contribution < -0.4 is 4.74 Å². The van der Waals surface area contributed by atoms with E-state index in [9.17, 15) is 18.0 Å². The maximum absolute atomic E-state index is 15.0. The predicted molar refractivity (Wildman–Crippen MR) is 133 cm³/mol. The van der Waals surface area contributed by atoms with Crippen LogP contribution in [-0.2, 0) is 13.0 Å². The summed E-state index contributed by atoms with van der Waals surface area (Å²) in [6.07, 6.45) is 0.160. The molecule has 0 fully saturated rings. The van der Waals surface area contributed by atoms with Crippen molar-refractivity contribution in [3.8, 4) is 16.9 Å². The van der Waals surface area contributed by atoms with Gasteiger partial charge in [-0.2, -0.15) is 0 Å². The highest BCUT2D eigenvalue weighted by molar-refractivity contribution is 6.30. The SMILES string of the molecule is O=C(O)c1ccc2nc(Cc3ccc(-c4ccc(F)c(OCc5ccc(Cl)cc5F)c4)cc3F)[nH]c2c1.